The van der Waals surface area contributed by atoms with Gasteiger partial charge in [-0.1, -0.05) is 35.3 Å². The maximum atomic E-state index is 13.5. The maximum Gasteiger partial charge on any atom is 0.415 e. The molecule has 0 saturated carbocycles. The largest absolute Gasteiger partial charge is 0.491 e. The van der Waals surface area contributed by atoms with Gasteiger partial charge in [-0.05, 0) is 113 Å². The molecule has 2 heterocycles. The minimum Gasteiger partial charge on any atom is -0.491 e. The number of carbonyl (C=O) groups is 3. The van der Waals surface area contributed by atoms with E-state index >= 15 is 0 Å². The zero-order valence-electron chi connectivity index (χ0n) is 32.7. The van der Waals surface area contributed by atoms with Crippen LogP contribution in [0, 0.1) is 11.6 Å². The molecule has 0 aromatic heterocycles. The Balaban J connectivity index is 0.000000313. The molecule has 0 N–H and O–H groups in total. The first-order valence-electron chi connectivity index (χ1n) is 18.4. The molecule has 4 aromatic rings. The highest BCUT2D eigenvalue weighted by Crippen LogP contribution is 2.24. The summed E-state index contributed by atoms with van der Waals surface area (Å²) in [6.45, 7) is 7.00. The molecule has 4 aromatic carbocycles. The van der Waals surface area contributed by atoms with Crippen molar-refractivity contribution in [1.82, 2.24) is 14.7 Å². The van der Waals surface area contributed by atoms with Gasteiger partial charge in [-0.25, -0.2) is 23.2 Å². The van der Waals surface area contributed by atoms with Gasteiger partial charge in [0.05, 0.1) is 12.1 Å². The van der Waals surface area contributed by atoms with Crippen LogP contribution in [0.4, 0.5) is 23.2 Å². The Morgan fingerprint density at radius 1 is 0.627 bits per heavy atom. The van der Waals surface area contributed by atoms with E-state index in [4.69, 9.17) is 46.9 Å². The van der Waals surface area contributed by atoms with E-state index < -0.39 is 35.7 Å². The summed E-state index contributed by atoms with van der Waals surface area (Å²) in [5.41, 5.74) is -0.644. The van der Waals surface area contributed by atoms with Crippen LogP contribution in [0.3, 0.4) is 0 Å². The number of likely N-dealkylation sites (tertiary alicyclic amines) is 1. The third-order valence-corrected chi connectivity index (χ3v) is 9.25. The van der Waals surface area contributed by atoms with Crippen LogP contribution >= 0.6 is 48.0 Å². The summed E-state index contributed by atoms with van der Waals surface area (Å²) >= 11 is 11.7. The topological polar surface area (TPSA) is 107 Å². The number of ether oxygens (including phenoxy) is 5. The van der Waals surface area contributed by atoms with Crippen molar-refractivity contribution in [2.45, 2.75) is 57.7 Å². The van der Waals surface area contributed by atoms with E-state index in [1.54, 1.807) is 92.4 Å². The lowest BCUT2D eigenvalue weighted by Crippen LogP contribution is -2.59. The van der Waals surface area contributed by atoms with Gasteiger partial charge in [0.1, 0.15) is 53.4 Å². The molecule has 2 saturated heterocycles. The number of piperidine rings is 1. The van der Waals surface area contributed by atoms with Gasteiger partial charge in [-0.3, -0.25) is 4.90 Å². The molecular weight excluding hydrogens is 854 g/mol. The van der Waals surface area contributed by atoms with Crippen LogP contribution in [0.15, 0.2) is 97.1 Å². The number of amides is 3. The van der Waals surface area contributed by atoms with Gasteiger partial charge in [-0.15, -0.1) is 24.8 Å². The predicted molar refractivity (Wildman–Crippen MR) is 226 cm³/mol. The number of rotatable bonds is 8. The van der Waals surface area contributed by atoms with E-state index in [-0.39, 0.29) is 62.9 Å². The lowest BCUT2D eigenvalue weighted by Gasteiger charge is -2.40. The second kappa shape index (κ2) is 23.2. The number of halogens is 6. The van der Waals surface area contributed by atoms with E-state index in [0.717, 1.165) is 19.3 Å². The second-order valence-corrected chi connectivity index (χ2v) is 15.2. The molecule has 0 aliphatic carbocycles. The van der Waals surface area contributed by atoms with Gasteiger partial charge < -0.3 is 33.5 Å². The Hall–Kier alpha value is -4.69. The molecule has 0 bridgehead atoms. The van der Waals surface area contributed by atoms with Crippen LogP contribution in [-0.2, 0) is 4.74 Å². The molecule has 2 aliphatic rings. The number of nitrogens with zero attached hydrogens (tertiary/aromatic N) is 3. The summed E-state index contributed by atoms with van der Waals surface area (Å²) < 4.78 is 54.5. The van der Waals surface area contributed by atoms with Crippen molar-refractivity contribution in [2.75, 3.05) is 39.4 Å². The Morgan fingerprint density at radius 3 is 1.58 bits per heavy atom. The Labute approximate surface area is 365 Å². The van der Waals surface area contributed by atoms with E-state index in [2.05, 4.69) is 0 Å². The molecule has 0 radical (unpaired) electrons. The van der Waals surface area contributed by atoms with Crippen LogP contribution < -0.4 is 18.9 Å². The Bertz CT molecular complexity index is 1960. The average molecular weight is 902 g/mol. The lowest BCUT2D eigenvalue weighted by molar-refractivity contribution is 0.000831. The molecule has 17 heteroatoms. The van der Waals surface area contributed by atoms with Gasteiger partial charge in [0.2, 0.25) is 0 Å². The summed E-state index contributed by atoms with van der Waals surface area (Å²) in [6.07, 6.45) is 1.30. The maximum absolute atomic E-state index is 13.5. The van der Waals surface area contributed by atoms with Crippen LogP contribution in [0.5, 0.6) is 23.0 Å². The molecule has 11 nitrogen and oxygen atoms in total. The summed E-state index contributed by atoms with van der Waals surface area (Å²) in [4.78, 5) is 42.6. The van der Waals surface area contributed by atoms with Crippen molar-refractivity contribution in [3.05, 3.63) is 119 Å². The first-order valence-corrected chi connectivity index (χ1v) is 19.2. The number of benzene rings is 4. The Kier molecular flexibility index (Phi) is 19.1. The molecular formula is C42H47Cl4F2N3O8. The zero-order valence-corrected chi connectivity index (χ0v) is 35.8. The number of piperazine rings is 1. The summed E-state index contributed by atoms with van der Waals surface area (Å²) in [6, 6.07) is 24.2. The summed E-state index contributed by atoms with van der Waals surface area (Å²) in [7, 11) is 0. The SMILES string of the molecule is CC(C)(C)OC(=O)N1CCN(C(=O)Oc2ccc(Cl)cc2)C(COc2cccc(F)c2)C1.Cl.Cl.O=C(Oc1ccc(Cl)cc1)N1CCCCC1COc1cccc(F)c1. The zero-order chi connectivity index (χ0) is 41.0. The van der Waals surface area contributed by atoms with Crippen molar-refractivity contribution < 1.29 is 46.8 Å². The third kappa shape index (κ3) is 15.8. The molecule has 59 heavy (non-hydrogen) atoms. The molecule has 0 spiro atoms. The quantitative estimate of drug-likeness (QED) is 0.172. The van der Waals surface area contributed by atoms with Crippen molar-refractivity contribution in [3.63, 3.8) is 0 Å². The summed E-state index contributed by atoms with van der Waals surface area (Å²) in [5, 5.41) is 1.11. The molecule has 2 fully saturated rings. The van der Waals surface area contributed by atoms with Gasteiger partial charge in [0.15, 0.2) is 0 Å². The molecule has 2 atom stereocenters. The van der Waals surface area contributed by atoms with E-state index in [1.165, 1.54) is 40.1 Å². The van der Waals surface area contributed by atoms with Crippen molar-refractivity contribution in [2.24, 2.45) is 0 Å². The first kappa shape index (κ1) is 48.7. The van der Waals surface area contributed by atoms with Crippen LogP contribution in [0.2, 0.25) is 10.0 Å². The van der Waals surface area contributed by atoms with Crippen molar-refractivity contribution >= 4 is 66.3 Å². The molecule has 2 aliphatic heterocycles. The van der Waals surface area contributed by atoms with Crippen LogP contribution in [-0.4, -0.2) is 90.1 Å². The van der Waals surface area contributed by atoms with Gasteiger partial charge >= 0.3 is 18.3 Å². The molecule has 320 valence electrons. The number of hydrogen-bond donors (Lipinski definition) is 0. The third-order valence-electron chi connectivity index (χ3n) is 8.75. The van der Waals surface area contributed by atoms with Crippen molar-refractivity contribution in [3.8, 4) is 23.0 Å². The monoisotopic (exact) mass is 899 g/mol. The summed E-state index contributed by atoms with van der Waals surface area (Å²) in [5.74, 6) is 0.797. The Morgan fingerprint density at radius 2 is 1.10 bits per heavy atom. The van der Waals surface area contributed by atoms with Crippen molar-refractivity contribution in [1.29, 1.82) is 0 Å². The fourth-order valence-corrected chi connectivity index (χ4v) is 6.22. The second-order valence-electron chi connectivity index (χ2n) is 14.3. The molecule has 3 amide bonds. The minimum atomic E-state index is -0.644. The van der Waals surface area contributed by atoms with E-state index in [9.17, 15) is 23.2 Å². The van der Waals surface area contributed by atoms with E-state index in [1.807, 2.05) is 0 Å². The van der Waals surface area contributed by atoms with Gasteiger partial charge in [-0.2, -0.15) is 0 Å². The minimum absolute atomic E-state index is 0. The van der Waals surface area contributed by atoms with E-state index in [0.29, 0.717) is 46.2 Å². The standard InChI is InChI=1S/C23H26ClFN2O5.C19H19ClFNO3.2ClH/c1-23(2,3)32-21(28)26-11-12-27(22(29)31-19-9-7-16(24)8-10-19)18(14-26)15-30-20-6-4-5-17(25)13-20;20-14-7-9-17(10-8-14)25-19(23)22-11-2-1-5-16(22)13-24-18-6-3-4-15(21)12-18;;/h4-10,13,18H,11-12,14-15H2,1-3H3;3-4,6-10,12,16H,1-2,5,11,13H2;2*1H. The van der Waals surface area contributed by atoms with Gasteiger partial charge in [0, 0.05) is 48.4 Å². The normalized spacial score (nSPS) is 16.2. The first-order chi connectivity index (χ1) is 27.2. The molecule has 2 unspecified atom stereocenters. The highest BCUT2D eigenvalue weighted by Gasteiger charge is 2.36. The average Bonchev–Trinajstić information content (AvgIpc) is 3.17. The predicted octanol–water partition coefficient (Wildman–Crippen LogP) is 10.7. The smallest absolute Gasteiger partial charge is 0.415 e. The lowest BCUT2D eigenvalue weighted by atomic mass is 10.0. The fraction of sp³-hybridized carbons (Fsp3) is 0.357. The highest BCUT2D eigenvalue weighted by atomic mass is 35.5. The number of carbonyl (C=O) groups excluding carboxylic acids is 3. The fourth-order valence-electron chi connectivity index (χ4n) is 5.97. The highest BCUT2D eigenvalue weighted by molar-refractivity contribution is 6.30. The van der Waals surface area contributed by atoms with Gasteiger partial charge in [0.25, 0.3) is 0 Å². The molecule has 6 rings (SSSR count). The van der Waals surface area contributed by atoms with Crippen LogP contribution in [0.1, 0.15) is 40.0 Å². The number of hydrogen-bond acceptors (Lipinski definition) is 8. The van der Waals surface area contributed by atoms with Crippen LogP contribution in [0.25, 0.3) is 0 Å².